The van der Waals surface area contributed by atoms with Crippen LogP contribution in [0.25, 0.3) is 0 Å². The first kappa shape index (κ1) is 14.6. The zero-order chi connectivity index (χ0) is 15.6. The number of rotatable bonds is 4. The van der Waals surface area contributed by atoms with E-state index in [0.717, 1.165) is 0 Å². The molecule has 1 atom stereocenters. The monoisotopic (exact) mass is 286 g/mol. The van der Waals surface area contributed by atoms with Crippen molar-refractivity contribution in [3.05, 3.63) is 41.2 Å². The Hall–Kier alpha value is -2.81. The second-order valence-corrected chi connectivity index (χ2v) is 4.59. The predicted octanol–water partition coefficient (Wildman–Crippen LogP) is 1.50. The maximum Gasteiger partial charge on any atom is 0.290 e. The average molecular weight is 286 g/mol. The van der Waals surface area contributed by atoms with E-state index in [1.54, 1.807) is 24.3 Å². The maximum absolute atomic E-state index is 12.0. The molecule has 0 aliphatic carbocycles. The number of ketones is 1. The van der Waals surface area contributed by atoms with Crippen LogP contribution in [0.15, 0.2) is 35.6 Å². The molecule has 0 unspecified atom stereocenters. The molecule has 0 bridgehead atoms. The molecule has 6 heteroatoms. The first-order valence-electron chi connectivity index (χ1n) is 6.27. The number of nitriles is 1. The first-order valence-corrected chi connectivity index (χ1v) is 6.27. The number of methoxy groups -OCH3 is 1. The van der Waals surface area contributed by atoms with Crippen molar-refractivity contribution in [1.29, 1.82) is 5.26 Å². The lowest BCUT2D eigenvalue weighted by atomic mass is 9.97. The molecule has 0 fully saturated rings. The summed E-state index contributed by atoms with van der Waals surface area (Å²) in [6, 6.07) is 7.90. The summed E-state index contributed by atoms with van der Waals surface area (Å²) in [5, 5.41) is 18.7. The third-order valence-electron chi connectivity index (χ3n) is 3.36. The largest absolute Gasteiger partial charge is 0.503 e. The smallest absolute Gasteiger partial charge is 0.290 e. The Balaban J connectivity index is 2.51. The summed E-state index contributed by atoms with van der Waals surface area (Å²) in [5.41, 5.74) is 0.647. The lowest BCUT2D eigenvalue weighted by Gasteiger charge is -2.24. The average Bonchev–Trinajstić information content (AvgIpc) is 2.73. The number of nitrogens with zero attached hydrogens (tertiary/aromatic N) is 2. The van der Waals surface area contributed by atoms with Crippen molar-refractivity contribution < 1.29 is 19.4 Å². The molecule has 6 nitrogen and oxygen atoms in total. The van der Waals surface area contributed by atoms with E-state index in [2.05, 4.69) is 0 Å². The van der Waals surface area contributed by atoms with Gasteiger partial charge in [-0.3, -0.25) is 9.59 Å². The van der Waals surface area contributed by atoms with Gasteiger partial charge in [0.15, 0.2) is 11.5 Å². The van der Waals surface area contributed by atoms with Crippen molar-refractivity contribution in [3.63, 3.8) is 0 Å². The topological polar surface area (TPSA) is 90.6 Å². The quantitative estimate of drug-likeness (QED) is 0.847. The number of amides is 1. The zero-order valence-electron chi connectivity index (χ0n) is 11.7. The molecule has 21 heavy (non-hydrogen) atoms. The molecule has 108 valence electrons. The summed E-state index contributed by atoms with van der Waals surface area (Å²) in [6.45, 7) is 1.07. The van der Waals surface area contributed by atoms with Gasteiger partial charge < -0.3 is 14.7 Å². The fourth-order valence-corrected chi connectivity index (χ4v) is 2.39. The van der Waals surface area contributed by atoms with Crippen molar-refractivity contribution in [1.82, 2.24) is 4.90 Å². The highest BCUT2D eigenvalue weighted by Crippen LogP contribution is 2.37. The minimum atomic E-state index is -0.749. The summed E-state index contributed by atoms with van der Waals surface area (Å²) in [4.78, 5) is 24.9. The van der Waals surface area contributed by atoms with Crippen LogP contribution in [-0.4, -0.2) is 35.4 Å². The van der Waals surface area contributed by atoms with Crippen molar-refractivity contribution in [2.24, 2.45) is 0 Å². The molecule has 1 aliphatic rings. The predicted molar refractivity (Wildman–Crippen MR) is 73.4 cm³/mol. The fourth-order valence-electron chi connectivity index (χ4n) is 2.39. The summed E-state index contributed by atoms with van der Waals surface area (Å²) < 4.78 is 5.06. The van der Waals surface area contributed by atoms with Crippen molar-refractivity contribution in [2.45, 2.75) is 13.0 Å². The van der Waals surface area contributed by atoms with Gasteiger partial charge in [0, 0.05) is 0 Å². The lowest BCUT2D eigenvalue weighted by molar-refractivity contribution is -0.128. The minimum Gasteiger partial charge on any atom is -0.503 e. The summed E-state index contributed by atoms with van der Waals surface area (Å²) in [6.07, 6.45) is 0. The number of benzene rings is 1. The van der Waals surface area contributed by atoms with Gasteiger partial charge in [-0.1, -0.05) is 12.1 Å². The molecule has 1 aromatic carbocycles. The number of hydrogen-bond donors (Lipinski definition) is 1. The van der Waals surface area contributed by atoms with Crippen LogP contribution in [0.2, 0.25) is 0 Å². The zero-order valence-corrected chi connectivity index (χ0v) is 11.7. The molecule has 1 aliphatic heterocycles. The van der Waals surface area contributed by atoms with Crippen molar-refractivity contribution >= 4 is 11.7 Å². The van der Waals surface area contributed by atoms with E-state index in [1.807, 2.05) is 6.07 Å². The van der Waals surface area contributed by atoms with Crippen LogP contribution in [0.4, 0.5) is 0 Å². The van der Waals surface area contributed by atoms with Gasteiger partial charge in [0.25, 0.3) is 5.91 Å². The molecule has 1 amide bonds. The highest BCUT2D eigenvalue weighted by Gasteiger charge is 2.42. The lowest BCUT2D eigenvalue weighted by Crippen LogP contribution is -2.31. The van der Waals surface area contributed by atoms with E-state index in [0.29, 0.717) is 11.3 Å². The van der Waals surface area contributed by atoms with Crippen molar-refractivity contribution in [2.75, 3.05) is 13.7 Å². The van der Waals surface area contributed by atoms with Crippen LogP contribution in [0.3, 0.4) is 0 Å². The van der Waals surface area contributed by atoms with Crippen LogP contribution in [0.5, 0.6) is 5.75 Å². The molecule has 0 spiro atoms. The normalized spacial score (nSPS) is 17.9. The van der Waals surface area contributed by atoms with Gasteiger partial charge >= 0.3 is 0 Å². The first-order chi connectivity index (χ1) is 10.0. The number of carbonyl (C=O) groups excluding carboxylic acids is 2. The molecular weight excluding hydrogens is 272 g/mol. The number of hydrogen-bond acceptors (Lipinski definition) is 5. The molecule has 0 radical (unpaired) electrons. The Kier molecular flexibility index (Phi) is 3.94. The van der Waals surface area contributed by atoms with E-state index >= 15 is 0 Å². The molecular formula is C15H14N2O4. The Labute approximate surface area is 121 Å². The Bertz CT molecular complexity index is 655. The Morgan fingerprint density at radius 2 is 2.05 bits per heavy atom. The highest BCUT2D eigenvalue weighted by atomic mass is 16.5. The second-order valence-electron chi connectivity index (χ2n) is 4.59. The van der Waals surface area contributed by atoms with Gasteiger partial charge in [0.1, 0.15) is 12.3 Å². The van der Waals surface area contributed by atoms with E-state index in [4.69, 9.17) is 10.00 Å². The third-order valence-corrected chi connectivity index (χ3v) is 3.36. The molecule has 1 N–H and O–H groups in total. The summed E-state index contributed by atoms with van der Waals surface area (Å²) in [5.74, 6) is -1.06. The number of Topliss-reactive ketones (excluding diaryl/α,β-unsaturated/α-hetero) is 1. The molecule has 0 saturated carbocycles. The van der Waals surface area contributed by atoms with Crippen LogP contribution >= 0.6 is 0 Å². The van der Waals surface area contributed by atoms with Crippen LogP contribution in [0.1, 0.15) is 18.5 Å². The standard InChI is InChI=1S/C15H14N2O4/c1-9(18)12-13(10-3-5-11(21-2)6-4-10)17(8-7-16)15(20)14(12)19/h3-6,13,19H,8H2,1-2H3/t13-/m1/s1. The van der Waals surface area contributed by atoms with Gasteiger partial charge in [0.2, 0.25) is 0 Å². The van der Waals surface area contributed by atoms with Crippen molar-refractivity contribution in [3.8, 4) is 11.8 Å². The van der Waals surface area contributed by atoms with E-state index in [-0.39, 0.29) is 12.1 Å². The molecule has 0 aromatic heterocycles. The molecule has 1 heterocycles. The van der Waals surface area contributed by atoms with Gasteiger partial charge in [-0.05, 0) is 24.6 Å². The van der Waals surface area contributed by atoms with Gasteiger partial charge in [-0.25, -0.2) is 0 Å². The van der Waals surface area contributed by atoms with Crippen LogP contribution < -0.4 is 4.74 Å². The Morgan fingerprint density at radius 3 is 2.52 bits per heavy atom. The Morgan fingerprint density at radius 1 is 1.43 bits per heavy atom. The number of carbonyl (C=O) groups is 2. The van der Waals surface area contributed by atoms with Gasteiger partial charge in [-0.15, -0.1) is 0 Å². The van der Waals surface area contributed by atoms with E-state index in [9.17, 15) is 14.7 Å². The summed E-state index contributed by atoms with van der Waals surface area (Å²) in [7, 11) is 1.53. The molecule has 2 rings (SSSR count). The number of aliphatic hydroxyl groups excluding tert-OH is 1. The fraction of sp³-hybridized carbons (Fsp3) is 0.267. The molecule has 0 saturated heterocycles. The van der Waals surface area contributed by atoms with Crippen LogP contribution in [-0.2, 0) is 9.59 Å². The summed E-state index contributed by atoms with van der Waals surface area (Å²) >= 11 is 0. The van der Waals surface area contributed by atoms with Crippen LogP contribution in [0, 0.1) is 11.3 Å². The third kappa shape index (κ3) is 2.46. The maximum atomic E-state index is 12.0. The minimum absolute atomic E-state index is 0.0143. The number of aliphatic hydroxyl groups is 1. The SMILES string of the molecule is COc1ccc([C@@H]2C(C(C)=O)=C(O)C(=O)N2CC#N)cc1. The second kappa shape index (κ2) is 5.67. The highest BCUT2D eigenvalue weighted by molar-refractivity contribution is 6.08. The van der Waals surface area contributed by atoms with E-state index < -0.39 is 23.5 Å². The molecule has 1 aromatic rings. The van der Waals surface area contributed by atoms with Gasteiger partial charge in [-0.2, -0.15) is 5.26 Å². The number of ether oxygens (including phenoxy) is 1. The van der Waals surface area contributed by atoms with E-state index in [1.165, 1.54) is 18.9 Å². The van der Waals surface area contributed by atoms with Gasteiger partial charge in [0.05, 0.1) is 24.8 Å².